The van der Waals surface area contributed by atoms with E-state index in [1.165, 1.54) is 32.4 Å². The molecule has 2 rings (SSSR count). The Morgan fingerprint density at radius 1 is 0.900 bits per heavy atom. The van der Waals surface area contributed by atoms with E-state index in [-0.39, 0.29) is 5.56 Å². The largest absolute Gasteiger partial charge is 0.495 e. The van der Waals surface area contributed by atoms with Gasteiger partial charge in [-0.05, 0) is 32.0 Å². The monoisotopic (exact) mass is 437 g/mol. The molecule has 0 spiro atoms. The summed E-state index contributed by atoms with van der Waals surface area (Å²) in [6.45, 7) is 4.05. The minimum absolute atomic E-state index is 0.237. The smallest absolute Gasteiger partial charge is 0.338 e. The zero-order chi connectivity index (χ0) is 22.1. The Hall–Kier alpha value is -3.13. The van der Waals surface area contributed by atoms with Gasteiger partial charge in [0.2, 0.25) is 0 Å². The number of anilines is 1. The quantitative estimate of drug-likeness (QED) is 0.562. The lowest BCUT2D eigenvalue weighted by atomic mass is 10.2. The fourth-order valence-corrected chi connectivity index (χ4v) is 2.77. The third kappa shape index (κ3) is 5.93. The first-order valence-electron chi connectivity index (χ1n) is 9.21. The maximum absolute atomic E-state index is 12.3. The van der Waals surface area contributed by atoms with Crippen LogP contribution in [0.5, 0.6) is 23.0 Å². The summed E-state index contributed by atoms with van der Waals surface area (Å²) in [4.78, 5) is 24.6. The van der Waals surface area contributed by atoms with Gasteiger partial charge in [0.25, 0.3) is 5.91 Å². The van der Waals surface area contributed by atoms with Crippen molar-refractivity contribution in [2.75, 3.05) is 39.4 Å². The number of benzene rings is 2. The molecule has 0 saturated carbocycles. The van der Waals surface area contributed by atoms with Crippen molar-refractivity contribution >= 4 is 29.2 Å². The number of rotatable bonds is 10. The zero-order valence-electron chi connectivity index (χ0n) is 17.2. The van der Waals surface area contributed by atoms with E-state index in [1.54, 1.807) is 12.1 Å². The van der Waals surface area contributed by atoms with Crippen LogP contribution < -0.4 is 24.3 Å². The molecular weight excluding hydrogens is 414 g/mol. The van der Waals surface area contributed by atoms with Gasteiger partial charge in [-0.15, -0.1) is 0 Å². The Morgan fingerprint density at radius 3 is 2.20 bits per heavy atom. The van der Waals surface area contributed by atoms with Gasteiger partial charge in [-0.1, -0.05) is 11.6 Å². The first kappa shape index (κ1) is 23.2. The molecule has 30 heavy (non-hydrogen) atoms. The lowest BCUT2D eigenvalue weighted by Gasteiger charge is -2.14. The lowest BCUT2D eigenvalue weighted by molar-refractivity contribution is -0.119. The molecule has 0 aliphatic heterocycles. The molecule has 2 aromatic rings. The second-order valence-corrected chi connectivity index (χ2v) is 6.25. The van der Waals surface area contributed by atoms with Crippen LogP contribution in [0, 0.1) is 0 Å². The summed E-state index contributed by atoms with van der Waals surface area (Å²) in [6, 6.07) is 7.71. The molecule has 2 aromatic carbocycles. The Balaban J connectivity index is 2.04. The van der Waals surface area contributed by atoms with Gasteiger partial charge in [-0.2, -0.15) is 0 Å². The van der Waals surface area contributed by atoms with Crippen LogP contribution in [0.4, 0.5) is 5.69 Å². The number of methoxy groups -OCH3 is 2. The first-order chi connectivity index (χ1) is 14.4. The van der Waals surface area contributed by atoms with Crippen molar-refractivity contribution in [3.8, 4) is 23.0 Å². The van der Waals surface area contributed by atoms with Crippen LogP contribution in [0.15, 0.2) is 30.3 Å². The standard InChI is InChI=1S/C21H24ClNO7/c1-5-28-16-8-7-13(9-19(16)29-6-2)21(25)30-12-20(24)23-15-11-17(26-3)14(22)10-18(15)27-4/h7-11H,5-6,12H2,1-4H3,(H,23,24). The normalized spacial score (nSPS) is 10.2. The molecule has 0 bridgehead atoms. The predicted molar refractivity (Wildman–Crippen MR) is 112 cm³/mol. The van der Waals surface area contributed by atoms with Gasteiger partial charge in [0.15, 0.2) is 18.1 Å². The highest BCUT2D eigenvalue weighted by atomic mass is 35.5. The Morgan fingerprint density at radius 2 is 1.57 bits per heavy atom. The summed E-state index contributed by atoms with van der Waals surface area (Å²) in [5.41, 5.74) is 0.569. The van der Waals surface area contributed by atoms with Crippen molar-refractivity contribution in [1.82, 2.24) is 0 Å². The van der Waals surface area contributed by atoms with Gasteiger partial charge in [0.1, 0.15) is 11.5 Å². The van der Waals surface area contributed by atoms with E-state index in [1.807, 2.05) is 13.8 Å². The van der Waals surface area contributed by atoms with E-state index >= 15 is 0 Å². The molecule has 0 saturated heterocycles. The van der Waals surface area contributed by atoms with Gasteiger partial charge in [-0.25, -0.2) is 4.79 Å². The highest BCUT2D eigenvalue weighted by Gasteiger charge is 2.16. The van der Waals surface area contributed by atoms with E-state index in [4.69, 9.17) is 35.3 Å². The minimum atomic E-state index is -0.671. The van der Waals surface area contributed by atoms with E-state index in [9.17, 15) is 9.59 Å². The van der Waals surface area contributed by atoms with Crippen LogP contribution in [0.25, 0.3) is 0 Å². The number of carbonyl (C=O) groups is 2. The first-order valence-corrected chi connectivity index (χ1v) is 9.59. The molecule has 0 radical (unpaired) electrons. The molecule has 0 atom stereocenters. The molecule has 1 N–H and O–H groups in total. The Labute approximate surface area is 180 Å². The van der Waals surface area contributed by atoms with Crippen molar-refractivity contribution in [3.63, 3.8) is 0 Å². The third-order valence-corrected chi connectivity index (χ3v) is 4.16. The topological polar surface area (TPSA) is 92.3 Å². The summed E-state index contributed by atoms with van der Waals surface area (Å²) >= 11 is 6.05. The van der Waals surface area contributed by atoms with Gasteiger partial charge in [0, 0.05) is 12.1 Å². The molecule has 0 heterocycles. The number of ether oxygens (including phenoxy) is 5. The molecule has 0 fully saturated rings. The van der Waals surface area contributed by atoms with E-state index in [2.05, 4.69) is 5.32 Å². The minimum Gasteiger partial charge on any atom is -0.495 e. The molecule has 0 aliphatic carbocycles. The third-order valence-electron chi connectivity index (χ3n) is 3.86. The molecule has 8 nitrogen and oxygen atoms in total. The number of carbonyl (C=O) groups excluding carboxylic acids is 2. The van der Waals surface area contributed by atoms with Gasteiger partial charge in [-0.3, -0.25) is 4.79 Å². The summed E-state index contributed by atoms with van der Waals surface area (Å²) < 4.78 is 26.4. The van der Waals surface area contributed by atoms with Crippen LogP contribution in [-0.4, -0.2) is 45.9 Å². The zero-order valence-corrected chi connectivity index (χ0v) is 18.0. The SMILES string of the molecule is CCOc1ccc(C(=O)OCC(=O)Nc2cc(OC)c(Cl)cc2OC)cc1OCC. The molecule has 0 unspecified atom stereocenters. The average Bonchev–Trinajstić information content (AvgIpc) is 2.74. The van der Waals surface area contributed by atoms with Crippen LogP contribution >= 0.6 is 11.6 Å². The molecule has 0 aromatic heterocycles. The maximum Gasteiger partial charge on any atom is 0.338 e. The second-order valence-electron chi connectivity index (χ2n) is 5.84. The summed E-state index contributed by atoms with van der Waals surface area (Å²) in [5, 5.41) is 2.94. The highest BCUT2D eigenvalue weighted by molar-refractivity contribution is 6.32. The van der Waals surface area contributed by atoms with Crippen molar-refractivity contribution < 1.29 is 33.3 Å². The van der Waals surface area contributed by atoms with Crippen LogP contribution in [0.2, 0.25) is 5.02 Å². The van der Waals surface area contributed by atoms with Crippen LogP contribution in [0.3, 0.4) is 0 Å². The van der Waals surface area contributed by atoms with Crippen molar-refractivity contribution in [2.24, 2.45) is 0 Å². The molecule has 1 amide bonds. The van der Waals surface area contributed by atoms with E-state index in [0.717, 1.165) is 0 Å². The van der Waals surface area contributed by atoms with Crippen LogP contribution in [-0.2, 0) is 9.53 Å². The van der Waals surface area contributed by atoms with Crippen molar-refractivity contribution in [2.45, 2.75) is 13.8 Å². The maximum atomic E-state index is 12.3. The summed E-state index contributed by atoms with van der Waals surface area (Å²) in [7, 11) is 2.89. The fraction of sp³-hybridized carbons (Fsp3) is 0.333. The average molecular weight is 438 g/mol. The fourth-order valence-electron chi connectivity index (χ4n) is 2.54. The molecule has 9 heteroatoms. The Bertz CT molecular complexity index is 901. The van der Waals surface area contributed by atoms with E-state index < -0.39 is 18.5 Å². The molecular formula is C21H24ClNO7. The van der Waals surface area contributed by atoms with Gasteiger partial charge in [0.05, 0.1) is 43.7 Å². The van der Waals surface area contributed by atoms with E-state index in [0.29, 0.717) is 46.9 Å². The lowest BCUT2D eigenvalue weighted by Crippen LogP contribution is -2.21. The number of hydrogen-bond donors (Lipinski definition) is 1. The molecule has 0 aliphatic rings. The Kier molecular flexibility index (Phi) is 8.61. The predicted octanol–water partition coefficient (Wildman–Crippen LogP) is 3.95. The van der Waals surface area contributed by atoms with Crippen LogP contribution in [0.1, 0.15) is 24.2 Å². The second kappa shape index (κ2) is 11.2. The highest BCUT2D eigenvalue weighted by Crippen LogP contribution is 2.35. The number of esters is 1. The summed E-state index contributed by atoms with van der Waals surface area (Å²) in [6.07, 6.45) is 0. The van der Waals surface area contributed by atoms with Crippen molar-refractivity contribution in [1.29, 1.82) is 0 Å². The number of halogens is 1. The molecule has 162 valence electrons. The number of amides is 1. The van der Waals surface area contributed by atoms with Gasteiger partial charge >= 0.3 is 5.97 Å². The number of hydrogen-bond acceptors (Lipinski definition) is 7. The number of nitrogens with one attached hydrogen (secondary N) is 1. The van der Waals surface area contributed by atoms with Gasteiger partial charge < -0.3 is 29.0 Å². The summed E-state index contributed by atoms with van der Waals surface area (Å²) in [5.74, 6) is 0.432. The van der Waals surface area contributed by atoms with Crippen molar-refractivity contribution in [3.05, 3.63) is 40.9 Å².